The number of carbonyl (C=O) groups is 3. The molecular weight excluding hydrogens is 518 g/mol. The Labute approximate surface area is 230 Å². The van der Waals surface area contributed by atoms with Crippen LogP contribution in [-0.4, -0.2) is 80.1 Å². The maximum atomic E-state index is 13.7. The lowest BCUT2D eigenvalue weighted by atomic mass is 10.1. The molecule has 3 N–H and O–H groups in total. The van der Waals surface area contributed by atoms with Crippen molar-refractivity contribution in [1.29, 1.82) is 0 Å². The Morgan fingerprint density at radius 2 is 2.05 bits per heavy atom. The molecule has 2 atom stereocenters. The summed E-state index contributed by atoms with van der Waals surface area (Å²) in [6.07, 6.45) is 2.84. The van der Waals surface area contributed by atoms with Crippen LogP contribution in [0.15, 0.2) is 46.1 Å². The summed E-state index contributed by atoms with van der Waals surface area (Å²) in [5.41, 5.74) is 5.47. The highest BCUT2D eigenvalue weighted by Crippen LogP contribution is 2.49. The Hall–Kier alpha value is -3.45. The Morgan fingerprint density at radius 3 is 2.92 bits per heavy atom. The third-order valence-electron chi connectivity index (χ3n) is 7.57. The van der Waals surface area contributed by atoms with Crippen LogP contribution in [0.3, 0.4) is 0 Å². The van der Waals surface area contributed by atoms with Crippen LogP contribution in [0.1, 0.15) is 55.8 Å². The number of rotatable bonds is 6. The van der Waals surface area contributed by atoms with Gasteiger partial charge in [-0.25, -0.2) is 9.80 Å². The maximum Gasteiger partial charge on any atom is 0.333 e. The van der Waals surface area contributed by atoms with E-state index in [1.165, 1.54) is 11.3 Å². The van der Waals surface area contributed by atoms with Crippen molar-refractivity contribution in [2.75, 3.05) is 51.8 Å². The first-order valence-electron chi connectivity index (χ1n) is 13.3. The Bertz CT molecular complexity index is 1360. The number of urea groups is 1. The highest BCUT2D eigenvalue weighted by Gasteiger charge is 2.43. The van der Waals surface area contributed by atoms with Crippen molar-refractivity contribution in [2.24, 2.45) is 10.2 Å². The predicted molar refractivity (Wildman–Crippen MR) is 147 cm³/mol. The van der Waals surface area contributed by atoms with Crippen LogP contribution in [0.2, 0.25) is 0 Å². The van der Waals surface area contributed by atoms with E-state index < -0.39 is 12.1 Å². The van der Waals surface area contributed by atoms with Crippen molar-refractivity contribution in [2.45, 2.75) is 31.3 Å². The van der Waals surface area contributed by atoms with Crippen LogP contribution < -0.4 is 16.1 Å². The fourth-order valence-corrected chi connectivity index (χ4v) is 6.67. The van der Waals surface area contributed by atoms with Gasteiger partial charge in [0.05, 0.1) is 39.2 Å². The third kappa shape index (κ3) is 4.89. The minimum atomic E-state index is -0.519. The number of thiophene rings is 1. The van der Waals surface area contributed by atoms with Gasteiger partial charge in [-0.3, -0.25) is 15.0 Å². The lowest BCUT2D eigenvalue weighted by Crippen LogP contribution is -2.48. The molecule has 12 heteroatoms. The van der Waals surface area contributed by atoms with Gasteiger partial charge in [0.15, 0.2) is 5.78 Å². The molecule has 1 aromatic heterocycles. The van der Waals surface area contributed by atoms with Gasteiger partial charge in [0.2, 0.25) is 0 Å². The van der Waals surface area contributed by atoms with Crippen LogP contribution in [-0.2, 0) is 4.74 Å². The summed E-state index contributed by atoms with van der Waals surface area (Å²) in [6.45, 7) is 4.36. The van der Waals surface area contributed by atoms with E-state index >= 15 is 0 Å². The van der Waals surface area contributed by atoms with E-state index in [0.717, 1.165) is 55.9 Å². The summed E-state index contributed by atoms with van der Waals surface area (Å²) in [7, 11) is 1.65. The zero-order valence-electron chi connectivity index (χ0n) is 21.7. The molecule has 0 bridgehead atoms. The van der Waals surface area contributed by atoms with E-state index in [1.54, 1.807) is 25.3 Å². The van der Waals surface area contributed by atoms with E-state index in [4.69, 9.17) is 4.74 Å². The second-order valence-electron chi connectivity index (χ2n) is 10.0. The minimum Gasteiger partial charge on any atom is -0.383 e. The minimum absolute atomic E-state index is 0.00342. The molecular formula is C27H31N7O4S. The molecule has 1 aliphatic carbocycles. The standard InChI is InChI=1S/C27H31N7O4S/c1-38-15-16-5-3-13-34(16)32-27(37)29-18-7-2-6-17-21(18)25(35)22-23(17)30-31-24(22)19-8-9-20(39-19)26(36)33-12-4-10-28-11-14-33/h2,6-9,16,23,28H,3-5,10-15H2,1H3,(H2,29,32,37)/t16-,23?/m1/s1. The van der Waals surface area contributed by atoms with Crippen molar-refractivity contribution in [3.8, 4) is 0 Å². The topological polar surface area (TPSA) is 128 Å². The number of nitrogens with zero attached hydrogens (tertiary/aromatic N) is 4. The molecule has 2 saturated heterocycles. The predicted octanol–water partition coefficient (Wildman–Crippen LogP) is 3.45. The van der Waals surface area contributed by atoms with Crippen LogP contribution in [0.25, 0.3) is 5.70 Å². The van der Waals surface area contributed by atoms with Crippen LogP contribution >= 0.6 is 11.3 Å². The summed E-state index contributed by atoms with van der Waals surface area (Å²) in [5.74, 6) is -0.208. The third-order valence-corrected chi connectivity index (χ3v) is 8.65. The number of carbonyl (C=O) groups excluding carboxylic acids is 3. The van der Waals surface area contributed by atoms with Crippen molar-refractivity contribution in [3.05, 3.63) is 56.8 Å². The Balaban J connectivity index is 1.22. The monoisotopic (exact) mass is 549 g/mol. The largest absolute Gasteiger partial charge is 0.383 e. The number of amides is 3. The molecule has 4 aliphatic rings. The Morgan fingerprint density at radius 1 is 1.15 bits per heavy atom. The number of Topliss-reactive ketones (excluding diaryl/α,β-unsaturated/α-hetero) is 1. The van der Waals surface area contributed by atoms with Gasteiger partial charge >= 0.3 is 6.03 Å². The van der Waals surface area contributed by atoms with Crippen molar-refractivity contribution < 1.29 is 19.1 Å². The molecule has 0 saturated carbocycles. The van der Waals surface area contributed by atoms with Crippen molar-refractivity contribution in [1.82, 2.24) is 20.7 Å². The fourth-order valence-electron chi connectivity index (χ4n) is 5.69. The summed E-state index contributed by atoms with van der Waals surface area (Å²) in [5, 5.41) is 16.8. The van der Waals surface area contributed by atoms with Gasteiger partial charge < -0.3 is 20.3 Å². The smallest absolute Gasteiger partial charge is 0.333 e. The molecule has 3 aliphatic heterocycles. The van der Waals surface area contributed by atoms with Gasteiger partial charge in [0, 0.05) is 33.3 Å². The number of fused-ring (bicyclic) bond motifs is 3. The quantitative estimate of drug-likeness (QED) is 0.507. The molecule has 1 unspecified atom stereocenters. The zero-order valence-corrected chi connectivity index (χ0v) is 22.6. The number of azo groups is 1. The molecule has 39 heavy (non-hydrogen) atoms. The number of methoxy groups -OCH3 is 1. The summed E-state index contributed by atoms with van der Waals surface area (Å²) in [4.78, 5) is 42.9. The zero-order chi connectivity index (χ0) is 26.9. The number of benzene rings is 1. The van der Waals surface area contributed by atoms with E-state index in [2.05, 4.69) is 26.3 Å². The molecule has 3 amide bonds. The average Bonchev–Trinajstić information content (AvgIpc) is 3.69. The molecule has 204 valence electrons. The lowest BCUT2D eigenvalue weighted by Gasteiger charge is -2.24. The van der Waals surface area contributed by atoms with Crippen LogP contribution in [0, 0.1) is 0 Å². The van der Waals surface area contributed by atoms with E-state index in [0.29, 0.717) is 40.5 Å². The molecule has 0 radical (unpaired) electrons. The average molecular weight is 550 g/mol. The number of hydrazine groups is 1. The SMILES string of the molecule is COC[C@H]1CCCN1NC(=O)Nc1cccc2c1C(=O)C1=C(c3ccc(C(=O)N4CCCNCC4)s3)N=NC12. The highest BCUT2D eigenvalue weighted by molar-refractivity contribution is 7.15. The van der Waals surface area contributed by atoms with Gasteiger partial charge in [0.25, 0.3) is 5.91 Å². The highest BCUT2D eigenvalue weighted by atomic mass is 32.1. The van der Waals surface area contributed by atoms with E-state index in [1.807, 2.05) is 22.0 Å². The number of hydrogen-bond acceptors (Lipinski definition) is 9. The summed E-state index contributed by atoms with van der Waals surface area (Å²) >= 11 is 1.33. The number of hydrogen-bond donors (Lipinski definition) is 3. The van der Waals surface area contributed by atoms with Crippen LogP contribution in [0.5, 0.6) is 0 Å². The molecule has 6 rings (SSSR count). The first-order valence-corrected chi connectivity index (χ1v) is 14.1. The van der Waals surface area contributed by atoms with E-state index in [9.17, 15) is 14.4 Å². The van der Waals surface area contributed by atoms with Gasteiger partial charge in [-0.2, -0.15) is 10.2 Å². The Kier molecular flexibility index (Phi) is 7.26. The van der Waals surface area contributed by atoms with Crippen molar-refractivity contribution >= 4 is 40.4 Å². The van der Waals surface area contributed by atoms with Gasteiger partial charge in [-0.15, -0.1) is 11.3 Å². The number of anilines is 1. The van der Waals surface area contributed by atoms with Crippen molar-refractivity contribution in [3.63, 3.8) is 0 Å². The van der Waals surface area contributed by atoms with E-state index in [-0.39, 0.29) is 17.7 Å². The summed E-state index contributed by atoms with van der Waals surface area (Å²) in [6, 6.07) is 8.22. The first kappa shape index (κ1) is 25.8. The maximum absolute atomic E-state index is 13.7. The number of nitrogens with one attached hydrogen (secondary N) is 3. The normalized spacial score (nSPS) is 22.7. The van der Waals surface area contributed by atoms with Gasteiger partial charge in [-0.05, 0) is 49.6 Å². The number of ketones is 1. The number of ether oxygens (including phenoxy) is 1. The van der Waals surface area contributed by atoms with Crippen LogP contribution in [0.4, 0.5) is 10.5 Å². The summed E-state index contributed by atoms with van der Waals surface area (Å²) < 4.78 is 5.26. The second kappa shape index (κ2) is 11.0. The molecule has 4 heterocycles. The van der Waals surface area contributed by atoms with Gasteiger partial charge in [0.1, 0.15) is 11.7 Å². The molecule has 0 spiro atoms. The van der Waals surface area contributed by atoms with Gasteiger partial charge in [-0.1, -0.05) is 12.1 Å². The molecule has 2 aromatic rings. The molecule has 11 nitrogen and oxygen atoms in total. The fraction of sp³-hybridized carbons (Fsp3) is 0.444. The lowest BCUT2D eigenvalue weighted by molar-refractivity contribution is 0.0771. The second-order valence-corrected chi connectivity index (χ2v) is 11.1. The molecule has 2 fully saturated rings. The molecule has 1 aromatic carbocycles. The first-order chi connectivity index (χ1) is 19.0.